The number of hydrogen-bond donors (Lipinski definition) is 0. The molecule has 0 atom stereocenters. The molecule has 6 heteroatoms. The van der Waals surface area contributed by atoms with E-state index in [2.05, 4.69) is 36.8 Å². The van der Waals surface area contributed by atoms with E-state index in [-0.39, 0.29) is 5.60 Å². The molecule has 4 fully saturated rings. The summed E-state index contributed by atoms with van der Waals surface area (Å²) >= 11 is 6.99. The second kappa shape index (κ2) is 8.32. The van der Waals surface area contributed by atoms with Crippen molar-refractivity contribution < 1.29 is 14.3 Å². The van der Waals surface area contributed by atoms with Gasteiger partial charge in [0, 0.05) is 29.4 Å². The normalized spacial score (nSPS) is 31.0. The number of hydrogen-bond acceptors (Lipinski definition) is 4. The number of rotatable bonds is 7. The lowest BCUT2D eigenvalue weighted by atomic mass is 9.54. The van der Waals surface area contributed by atoms with E-state index >= 15 is 0 Å². The number of carbonyl (C=O) groups is 1. The Balaban J connectivity index is 1.36. The van der Waals surface area contributed by atoms with Crippen LogP contribution in [0.1, 0.15) is 38.5 Å². The first-order valence-corrected chi connectivity index (χ1v) is 12.2. The molecule has 0 amide bonds. The summed E-state index contributed by atoms with van der Waals surface area (Å²) < 4.78 is 11.4. The second-order valence-corrected chi connectivity index (χ2v) is 10.00. The number of ether oxygens (including phenoxy) is 2. The first-order chi connectivity index (χ1) is 13.1. The molecule has 4 aliphatic carbocycles. The third-order valence-corrected chi connectivity index (χ3v) is 7.10. The molecule has 4 aliphatic rings. The monoisotopic (exact) mass is 499 g/mol. The van der Waals surface area contributed by atoms with Crippen LogP contribution in [0.3, 0.4) is 0 Å². The second-order valence-electron chi connectivity index (χ2n) is 8.41. The molecule has 0 aromatic heterocycles. The first kappa shape index (κ1) is 19.6. The van der Waals surface area contributed by atoms with Gasteiger partial charge < -0.3 is 14.4 Å². The van der Waals surface area contributed by atoms with Crippen LogP contribution in [0.15, 0.2) is 24.3 Å². The van der Waals surface area contributed by atoms with Gasteiger partial charge in [0.25, 0.3) is 0 Å². The van der Waals surface area contributed by atoms with Gasteiger partial charge in [-0.3, -0.25) is 0 Å². The zero-order valence-electron chi connectivity index (χ0n) is 15.5. The van der Waals surface area contributed by atoms with Crippen LogP contribution in [-0.4, -0.2) is 35.5 Å². The van der Waals surface area contributed by atoms with Crippen LogP contribution in [0.2, 0.25) is 0 Å². The Bertz CT molecular complexity index is 623. The van der Waals surface area contributed by atoms with Gasteiger partial charge >= 0.3 is 6.16 Å². The molecule has 4 nitrogen and oxygen atoms in total. The van der Waals surface area contributed by atoms with Crippen molar-refractivity contribution in [1.29, 1.82) is 0 Å². The Morgan fingerprint density at radius 3 is 1.96 bits per heavy atom. The largest absolute Gasteiger partial charge is 0.514 e. The Morgan fingerprint density at radius 2 is 1.48 bits per heavy atom. The molecule has 0 radical (unpaired) electrons. The lowest BCUT2D eigenvalue weighted by molar-refractivity contribution is -0.135. The summed E-state index contributed by atoms with van der Waals surface area (Å²) in [4.78, 5) is 14.7. The van der Waals surface area contributed by atoms with Gasteiger partial charge in [0.1, 0.15) is 11.4 Å². The SMILES string of the molecule is O=C(Oc1ccc(N(CCBr)CCBr)cc1)OC12CC3CC(CC(C3)C1)C2. The van der Waals surface area contributed by atoms with E-state index < -0.39 is 6.16 Å². The molecule has 0 spiro atoms. The highest BCUT2D eigenvalue weighted by Crippen LogP contribution is 2.57. The van der Waals surface area contributed by atoms with E-state index in [0.717, 1.165) is 66.5 Å². The highest BCUT2D eigenvalue weighted by Gasteiger charge is 2.53. The van der Waals surface area contributed by atoms with Gasteiger partial charge in [-0.2, -0.15) is 0 Å². The number of alkyl halides is 2. The van der Waals surface area contributed by atoms with Crippen molar-refractivity contribution in [3.05, 3.63) is 24.3 Å². The van der Waals surface area contributed by atoms with Crippen molar-refractivity contribution in [2.24, 2.45) is 17.8 Å². The Labute approximate surface area is 178 Å². The maximum absolute atomic E-state index is 12.5. The summed E-state index contributed by atoms with van der Waals surface area (Å²) in [6.07, 6.45) is 6.54. The third-order valence-electron chi connectivity index (χ3n) is 6.39. The van der Waals surface area contributed by atoms with Crippen LogP contribution in [-0.2, 0) is 4.74 Å². The molecule has 0 saturated heterocycles. The van der Waals surface area contributed by atoms with Crippen LogP contribution in [0.5, 0.6) is 5.75 Å². The predicted octanol–water partition coefficient (Wildman–Crippen LogP) is 5.77. The van der Waals surface area contributed by atoms with Crippen molar-refractivity contribution >= 4 is 43.7 Å². The molecule has 4 bridgehead atoms. The molecule has 0 unspecified atom stereocenters. The zero-order valence-corrected chi connectivity index (χ0v) is 18.7. The first-order valence-electron chi connectivity index (χ1n) is 9.97. The smallest absolute Gasteiger partial charge is 0.427 e. The van der Waals surface area contributed by atoms with Crippen LogP contribution >= 0.6 is 31.9 Å². The lowest BCUT2D eigenvalue weighted by Gasteiger charge is -2.55. The van der Waals surface area contributed by atoms with Gasteiger partial charge in [-0.25, -0.2) is 4.79 Å². The number of halogens is 2. The molecule has 27 heavy (non-hydrogen) atoms. The van der Waals surface area contributed by atoms with Crippen molar-refractivity contribution in [1.82, 2.24) is 0 Å². The summed E-state index contributed by atoms with van der Waals surface area (Å²) in [5.74, 6) is 2.79. The fraction of sp³-hybridized carbons (Fsp3) is 0.667. The molecular formula is C21H27Br2NO3. The Kier molecular flexibility index (Phi) is 6.03. The minimum atomic E-state index is -0.539. The molecule has 148 valence electrons. The maximum atomic E-state index is 12.5. The van der Waals surface area contributed by atoms with Crippen molar-refractivity contribution in [3.8, 4) is 5.75 Å². The minimum absolute atomic E-state index is 0.256. The maximum Gasteiger partial charge on any atom is 0.514 e. The molecular weight excluding hydrogens is 474 g/mol. The molecule has 1 aromatic rings. The third kappa shape index (κ3) is 4.47. The number of carbonyl (C=O) groups excluding carboxylic acids is 1. The molecule has 4 saturated carbocycles. The zero-order chi connectivity index (χ0) is 18.9. The van der Waals surface area contributed by atoms with Gasteiger partial charge in [-0.05, 0) is 80.5 Å². The van der Waals surface area contributed by atoms with Gasteiger partial charge in [-0.15, -0.1) is 0 Å². The van der Waals surface area contributed by atoms with E-state index in [0.29, 0.717) is 5.75 Å². The molecule has 0 aliphatic heterocycles. The quantitative estimate of drug-likeness (QED) is 0.270. The highest BCUT2D eigenvalue weighted by atomic mass is 79.9. The molecule has 0 N–H and O–H groups in total. The van der Waals surface area contributed by atoms with Crippen molar-refractivity contribution in [3.63, 3.8) is 0 Å². The number of anilines is 1. The van der Waals surface area contributed by atoms with Crippen molar-refractivity contribution in [2.45, 2.75) is 44.1 Å². The standard InChI is InChI=1S/C21H27Br2NO3/c22-5-7-24(8-6-23)18-1-3-19(4-2-18)26-20(25)27-21-12-15-9-16(13-21)11-17(10-15)14-21/h1-4,15-17H,5-14H2. The topological polar surface area (TPSA) is 38.8 Å². The molecule has 0 heterocycles. The Morgan fingerprint density at radius 1 is 0.963 bits per heavy atom. The summed E-state index contributed by atoms with van der Waals surface area (Å²) in [5.41, 5.74) is 0.865. The fourth-order valence-electron chi connectivity index (χ4n) is 5.75. The summed E-state index contributed by atoms with van der Waals surface area (Å²) in [6.45, 7) is 1.86. The van der Waals surface area contributed by atoms with E-state index in [1.807, 2.05) is 24.3 Å². The highest BCUT2D eigenvalue weighted by molar-refractivity contribution is 9.09. The van der Waals surface area contributed by atoms with E-state index in [4.69, 9.17) is 9.47 Å². The number of benzene rings is 1. The van der Waals surface area contributed by atoms with E-state index in [1.165, 1.54) is 19.3 Å². The molecule has 5 rings (SSSR count). The van der Waals surface area contributed by atoms with Crippen LogP contribution in [0.4, 0.5) is 10.5 Å². The molecule has 1 aromatic carbocycles. The predicted molar refractivity (Wildman–Crippen MR) is 114 cm³/mol. The van der Waals surface area contributed by atoms with Crippen LogP contribution in [0.25, 0.3) is 0 Å². The lowest BCUT2D eigenvalue weighted by Crippen LogP contribution is -2.53. The van der Waals surface area contributed by atoms with Gasteiger partial charge in [-0.1, -0.05) is 31.9 Å². The summed E-state index contributed by atoms with van der Waals surface area (Å²) in [7, 11) is 0. The fourth-order valence-corrected chi connectivity index (χ4v) is 6.61. The van der Waals surface area contributed by atoms with Gasteiger partial charge in [0.2, 0.25) is 0 Å². The summed E-state index contributed by atoms with van der Waals surface area (Å²) in [5, 5.41) is 1.82. The summed E-state index contributed by atoms with van der Waals surface area (Å²) in [6, 6.07) is 7.70. The van der Waals surface area contributed by atoms with Gasteiger partial charge in [0.05, 0.1) is 0 Å². The van der Waals surface area contributed by atoms with Crippen LogP contribution in [0, 0.1) is 17.8 Å². The van der Waals surface area contributed by atoms with E-state index in [1.54, 1.807) is 0 Å². The minimum Gasteiger partial charge on any atom is -0.427 e. The number of nitrogens with zero attached hydrogens (tertiary/aromatic N) is 1. The average molecular weight is 501 g/mol. The van der Waals surface area contributed by atoms with Crippen LogP contribution < -0.4 is 9.64 Å². The average Bonchev–Trinajstić information content (AvgIpc) is 2.60. The Hall–Kier alpha value is -0.750. The van der Waals surface area contributed by atoms with E-state index in [9.17, 15) is 4.79 Å². The van der Waals surface area contributed by atoms with Crippen molar-refractivity contribution in [2.75, 3.05) is 28.6 Å². The van der Waals surface area contributed by atoms with Gasteiger partial charge in [0.15, 0.2) is 0 Å².